The van der Waals surface area contributed by atoms with Gasteiger partial charge in [-0.25, -0.2) is 4.39 Å². The van der Waals surface area contributed by atoms with Gasteiger partial charge in [0.1, 0.15) is 36.1 Å². The Morgan fingerprint density at radius 1 is 0.875 bits per heavy atom. The molecule has 0 saturated heterocycles. The number of anilines is 1. The highest BCUT2D eigenvalue weighted by atomic mass is 19.1. The maximum atomic E-state index is 14.2. The molecular weight excluding hydrogens is 511 g/mol. The van der Waals surface area contributed by atoms with Gasteiger partial charge >= 0.3 is 0 Å². The third kappa shape index (κ3) is 7.25. The minimum Gasteiger partial charge on any atom is -0.457 e. The molecule has 3 amide bonds. The van der Waals surface area contributed by atoms with Gasteiger partial charge in [-0.3, -0.25) is 14.4 Å². The minimum absolute atomic E-state index is 0.0770. The topological polar surface area (TPSA) is 104 Å². The van der Waals surface area contributed by atoms with Crippen molar-refractivity contribution in [2.75, 3.05) is 18.4 Å². The van der Waals surface area contributed by atoms with E-state index in [1.54, 1.807) is 50.2 Å². The Kier molecular flexibility index (Phi) is 8.83. The van der Waals surface area contributed by atoms with Crippen molar-refractivity contribution >= 4 is 34.3 Å². The first-order chi connectivity index (χ1) is 19.1. The zero-order valence-corrected chi connectivity index (χ0v) is 23.0. The van der Waals surface area contributed by atoms with Gasteiger partial charge in [-0.2, -0.15) is 0 Å². The second-order valence-corrected chi connectivity index (χ2v) is 10.2. The second kappa shape index (κ2) is 12.5. The van der Waals surface area contributed by atoms with E-state index in [9.17, 15) is 18.8 Å². The van der Waals surface area contributed by atoms with Gasteiger partial charge in [0, 0.05) is 17.1 Å². The van der Waals surface area contributed by atoms with Gasteiger partial charge in [-0.05, 0) is 73.9 Å². The number of nitrogens with one attached hydrogen (secondary N) is 3. The molecule has 0 aliphatic rings. The SMILES string of the molecule is CC(C)NC(=O)CN(CC(=O)Nc1ccc(Oc2ccc(C(C)C)cc2)cc1)C(=O)c1cc2cccc(F)c2[nH]1. The van der Waals surface area contributed by atoms with Gasteiger partial charge in [0.05, 0.1) is 5.52 Å². The first-order valence-electron chi connectivity index (χ1n) is 13.1. The Morgan fingerprint density at radius 2 is 1.50 bits per heavy atom. The molecule has 4 aromatic rings. The molecule has 0 atom stereocenters. The second-order valence-electron chi connectivity index (χ2n) is 10.2. The van der Waals surface area contributed by atoms with Crippen LogP contribution in [0.4, 0.5) is 10.1 Å². The maximum absolute atomic E-state index is 14.2. The predicted octanol–water partition coefficient (Wildman–Crippen LogP) is 5.83. The summed E-state index contributed by atoms with van der Waals surface area (Å²) in [6.07, 6.45) is 0. The molecule has 1 heterocycles. The lowest BCUT2D eigenvalue weighted by molar-refractivity contribution is -0.123. The molecule has 9 heteroatoms. The van der Waals surface area contributed by atoms with Gasteiger partial charge in [-0.15, -0.1) is 0 Å². The van der Waals surface area contributed by atoms with Crippen molar-refractivity contribution in [3.63, 3.8) is 0 Å². The number of aromatic amines is 1. The van der Waals surface area contributed by atoms with Crippen molar-refractivity contribution < 1.29 is 23.5 Å². The number of carbonyl (C=O) groups excluding carboxylic acids is 3. The fourth-order valence-electron chi connectivity index (χ4n) is 4.18. The maximum Gasteiger partial charge on any atom is 0.271 e. The number of H-pyrrole nitrogens is 1. The van der Waals surface area contributed by atoms with Crippen LogP contribution in [0.5, 0.6) is 11.5 Å². The monoisotopic (exact) mass is 544 g/mol. The molecule has 0 spiro atoms. The number of carbonyl (C=O) groups is 3. The van der Waals surface area contributed by atoms with E-state index in [1.165, 1.54) is 17.7 Å². The lowest BCUT2D eigenvalue weighted by Gasteiger charge is -2.22. The Bertz CT molecular complexity index is 1490. The van der Waals surface area contributed by atoms with E-state index in [4.69, 9.17) is 4.74 Å². The largest absolute Gasteiger partial charge is 0.457 e. The molecule has 0 aliphatic heterocycles. The average Bonchev–Trinajstić information content (AvgIpc) is 3.35. The van der Waals surface area contributed by atoms with Crippen molar-refractivity contribution in [3.05, 3.63) is 89.9 Å². The van der Waals surface area contributed by atoms with Crippen LogP contribution in [0.1, 0.15) is 49.7 Å². The summed E-state index contributed by atoms with van der Waals surface area (Å²) in [6.45, 7) is 7.12. The number of benzene rings is 3. The Morgan fingerprint density at radius 3 is 2.10 bits per heavy atom. The molecule has 4 rings (SSSR count). The molecular formula is C31H33FN4O4. The smallest absolute Gasteiger partial charge is 0.271 e. The average molecular weight is 545 g/mol. The van der Waals surface area contributed by atoms with Gasteiger partial charge in [0.15, 0.2) is 0 Å². The molecule has 0 aliphatic carbocycles. The third-order valence-electron chi connectivity index (χ3n) is 6.16. The standard InChI is InChI=1S/C31H33FN4O4/c1-19(2)21-8-12-24(13-9-21)40-25-14-10-23(11-15-25)34-29(38)18-36(17-28(37)33-20(3)4)31(39)27-16-22-6-5-7-26(32)30(22)35-27/h5-16,19-20,35H,17-18H2,1-4H3,(H,33,37)(H,34,38). The molecule has 3 N–H and O–H groups in total. The summed E-state index contributed by atoms with van der Waals surface area (Å²) in [5.74, 6) is -0.281. The molecule has 40 heavy (non-hydrogen) atoms. The number of halogens is 1. The van der Waals surface area contributed by atoms with Gasteiger partial charge in [-0.1, -0.05) is 38.1 Å². The van der Waals surface area contributed by atoms with E-state index < -0.39 is 23.5 Å². The molecule has 8 nitrogen and oxygen atoms in total. The zero-order valence-electron chi connectivity index (χ0n) is 23.0. The number of ether oxygens (including phenoxy) is 1. The third-order valence-corrected chi connectivity index (χ3v) is 6.16. The van der Waals surface area contributed by atoms with Crippen LogP contribution in [-0.4, -0.2) is 46.7 Å². The fraction of sp³-hybridized carbons (Fsp3) is 0.258. The summed E-state index contributed by atoms with van der Waals surface area (Å²) in [4.78, 5) is 42.6. The summed E-state index contributed by atoms with van der Waals surface area (Å²) in [5.41, 5.74) is 1.98. The zero-order chi connectivity index (χ0) is 28.8. The number of fused-ring (bicyclic) bond motifs is 1. The number of para-hydroxylation sites is 1. The lowest BCUT2D eigenvalue weighted by Crippen LogP contribution is -2.45. The van der Waals surface area contributed by atoms with Crippen LogP contribution in [0.2, 0.25) is 0 Å². The van der Waals surface area contributed by atoms with Gasteiger partial charge in [0.25, 0.3) is 5.91 Å². The van der Waals surface area contributed by atoms with Crippen LogP contribution >= 0.6 is 0 Å². The van der Waals surface area contributed by atoms with E-state index in [1.807, 2.05) is 24.3 Å². The number of rotatable bonds is 10. The van der Waals surface area contributed by atoms with Crippen molar-refractivity contribution in [1.82, 2.24) is 15.2 Å². The first kappa shape index (κ1) is 28.4. The quantitative estimate of drug-likeness (QED) is 0.234. The predicted molar refractivity (Wildman–Crippen MR) is 153 cm³/mol. The summed E-state index contributed by atoms with van der Waals surface area (Å²) < 4.78 is 20.1. The van der Waals surface area contributed by atoms with Crippen molar-refractivity contribution in [1.29, 1.82) is 0 Å². The van der Waals surface area contributed by atoms with Gasteiger partial charge < -0.3 is 25.3 Å². The number of aromatic nitrogens is 1. The molecule has 1 aromatic heterocycles. The molecule has 0 fully saturated rings. The van der Waals surface area contributed by atoms with E-state index >= 15 is 0 Å². The first-order valence-corrected chi connectivity index (χ1v) is 13.1. The Hall–Kier alpha value is -4.66. The Balaban J connectivity index is 1.43. The van der Waals surface area contributed by atoms with E-state index in [0.717, 1.165) is 4.90 Å². The van der Waals surface area contributed by atoms with Crippen molar-refractivity contribution in [3.8, 4) is 11.5 Å². The van der Waals surface area contributed by atoms with Crippen LogP contribution in [0, 0.1) is 5.82 Å². The van der Waals surface area contributed by atoms with Crippen LogP contribution in [0.25, 0.3) is 10.9 Å². The molecule has 0 unspecified atom stereocenters. The highest BCUT2D eigenvalue weighted by molar-refractivity contribution is 6.02. The summed E-state index contributed by atoms with van der Waals surface area (Å²) in [6, 6.07) is 20.5. The highest BCUT2D eigenvalue weighted by Crippen LogP contribution is 2.25. The minimum atomic E-state index is -0.600. The molecule has 0 saturated carbocycles. The van der Waals surface area contributed by atoms with E-state index in [-0.39, 0.29) is 30.3 Å². The number of hydrogen-bond acceptors (Lipinski definition) is 4. The highest BCUT2D eigenvalue weighted by Gasteiger charge is 2.24. The Labute approximate surface area is 232 Å². The lowest BCUT2D eigenvalue weighted by atomic mass is 10.0. The molecule has 0 bridgehead atoms. The normalized spacial score (nSPS) is 11.1. The summed E-state index contributed by atoms with van der Waals surface area (Å²) in [7, 11) is 0. The van der Waals surface area contributed by atoms with Crippen LogP contribution in [0.3, 0.4) is 0 Å². The van der Waals surface area contributed by atoms with Crippen LogP contribution < -0.4 is 15.4 Å². The van der Waals surface area contributed by atoms with E-state index in [2.05, 4.69) is 29.5 Å². The number of amides is 3. The summed E-state index contributed by atoms with van der Waals surface area (Å²) >= 11 is 0. The number of nitrogens with zero attached hydrogens (tertiary/aromatic N) is 1. The number of hydrogen-bond donors (Lipinski definition) is 3. The molecule has 3 aromatic carbocycles. The van der Waals surface area contributed by atoms with Crippen LogP contribution in [-0.2, 0) is 9.59 Å². The van der Waals surface area contributed by atoms with E-state index in [0.29, 0.717) is 28.5 Å². The van der Waals surface area contributed by atoms with Gasteiger partial charge in [0.2, 0.25) is 11.8 Å². The van der Waals surface area contributed by atoms with Crippen LogP contribution in [0.15, 0.2) is 72.8 Å². The molecule has 0 radical (unpaired) electrons. The van der Waals surface area contributed by atoms with Crippen molar-refractivity contribution in [2.45, 2.75) is 39.7 Å². The summed E-state index contributed by atoms with van der Waals surface area (Å²) in [5, 5.41) is 5.98. The fourth-order valence-corrected chi connectivity index (χ4v) is 4.18. The van der Waals surface area contributed by atoms with Crippen molar-refractivity contribution in [2.24, 2.45) is 0 Å². The molecule has 208 valence electrons.